The van der Waals surface area contributed by atoms with Crippen molar-refractivity contribution in [1.29, 1.82) is 0 Å². The Labute approximate surface area is 95.9 Å². The van der Waals surface area contributed by atoms with Crippen LogP contribution in [0.25, 0.3) is 11.0 Å². The molecule has 0 fully saturated rings. The number of hydrogen-bond donors (Lipinski definition) is 0. The van der Waals surface area contributed by atoms with Crippen LogP contribution in [0, 0.1) is 6.92 Å². The molecule has 0 unspecified atom stereocenters. The number of aryl methyl sites for hydroxylation is 2. The third kappa shape index (κ3) is 1.81. The fraction of sp³-hybridized carbons (Fsp3) is 0.273. The van der Waals surface area contributed by atoms with E-state index in [1.165, 1.54) is 0 Å². The van der Waals surface area contributed by atoms with E-state index in [1.54, 1.807) is 11.5 Å². The minimum atomic E-state index is -0.00634. The van der Waals surface area contributed by atoms with Gasteiger partial charge in [-0.2, -0.15) is 0 Å². The number of rotatable bonds is 2. The van der Waals surface area contributed by atoms with Crippen LogP contribution in [0.15, 0.2) is 29.1 Å². The SMILES string of the molecule is Cc1nc2ccccc2n(CCBr)c1=O. The maximum Gasteiger partial charge on any atom is 0.272 e. The summed E-state index contributed by atoms with van der Waals surface area (Å²) in [7, 11) is 0. The first-order chi connectivity index (χ1) is 7.24. The Balaban J connectivity index is 2.83. The molecule has 0 aliphatic rings. The molecular formula is C11H11BrN2O. The minimum absolute atomic E-state index is 0.00634. The van der Waals surface area contributed by atoms with Gasteiger partial charge in [0.25, 0.3) is 5.56 Å². The molecule has 0 bridgehead atoms. The number of nitrogens with zero attached hydrogens (tertiary/aromatic N) is 2. The maximum absolute atomic E-state index is 11.9. The molecule has 0 N–H and O–H groups in total. The van der Waals surface area contributed by atoms with E-state index in [9.17, 15) is 4.79 Å². The molecule has 1 aromatic heterocycles. The van der Waals surface area contributed by atoms with Crippen molar-refractivity contribution >= 4 is 27.0 Å². The molecule has 0 saturated heterocycles. The Bertz CT molecular complexity index is 548. The van der Waals surface area contributed by atoms with Gasteiger partial charge in [0.2, 0.25) is 0 Å². The van der Waals surface area contributed by atoms with E-state index in [0.29, 0.717) is 12.2 Å². The third-order valence-corrected chi connectivity index (χ3v) is 2.68. The highest BCUT2D eigenvalue weighted by Gasteiger charge is 2.06. The maximum atomic E-state index is 11.9. The van der Waals surface area contributed by atoms with E-state index in [2.05, 4.69) is 20.9 Å². The van der Waals surface area contributed by atoms with Crippen molar-refractivity contribution in [3.63, 3.8) is 0 Å². The largest absolute Gasteiger partial charge is 0.304 e. The predicted octanol–water partition coefficient (Wildman–Crippen LogP) is 2.10. The normalized spacial score (nSPS) is 10.8. The lowest BCUT2D eigenvalue weighted by Gasteiger charge is -2.08. The molecule has 4 heteroatoms. The van der Waals surface area contributed by atoms with Crippen LogP contribution < -0.4 is 5.56 Å². The van der Waals surface area contributed by atoms with Crippen LogP contribution in [0.3, 0.4) is 0 Å². The van der Waals surface area contributed by atoms with E-state index in [-0.39, 0.29) is 5.56 Å². The van der Waals surface area contributed by atoms with E-state index in [1.807, 2.05) is 24.3 Å². The summed E-state index contributed by atoms with van der Waals surface area (Å²) in [6.45, 7) is 2.42. The Kier molecular flexibility index (Phi) is 2.86. The lowest BCUT2D eigenvalue weighted by atomic mass is 10.3. The van der Waals surface area contributed by atoms with Crippen molar-refractivity contribution in [3.8, 4) is 0 Å². The standard InChI is InChI=1S/C11H11BrN2O/c1-8-11(15)14(7-6-12)10-5-3-2-4-9(10)13-8/h2-5H,6-7H2,1H3. The summed E-state index contributed by atoms with van der Waals surface area (Å²) in [5.41, 5.74) is 2.31. The van der Waals surface area contributed by atoms with Crippen molar-refractivity contribution in [2.24, 2.45) is 0 Å². The first-order valence-electron chi connectivity index (χ1n) is 4.76. The van der Waals surface area contributed by atoms with Crippen LogP contribution >= 0.6 is 15.9 Å². The number of alkyl halides is 1. The quantitative estimate of drug-likeness (QED) is 0.781. The number of para-hydroxylation sites is 2. The molecule has 0 saturated carbocycles. The highest BCUT2D eigenvalue weighted by Crippen LogP contribution is 2.09. The van der Waals surface area contributed by atoms with Crippen LogP contribution in [0.2, 0.25) is 0 Å². The predicted molar refractivity (Wildman–Crippen MR) is 64.5 cm³/mol. The molecule has 1 heterocycles. The second-order valence-electron chi connectivity index (χ2n) is 3.33. The van der Waals surface area contributed by atoms with Crippen LogP contribution in [0.1, 0.15) is 5.69 Å². The van der Waals surface area contributed by atoms with Crippen molar-refractivity contribution in [3.05, 3.63) is 40.3 Å². The Hall–Kier alpha value is -1.16. The molecule has 2 rings (SSSR count). The van der Waals surface area contributed by atoms with Crippen molar-refractivity contribution in [1.82, 2.24) is 9.55 Å². The Morgan fingerprint density at radius 3 is 2.87 bits per heavy atom. The van der Waals surface area contributed by atoms with E-state index < -0.39 is 0 Å². The second kappa shape index (κ2) is 4.14. The summed E-state index contributed by atoms with van der Waals surface area (Å²) >= 11 is 3.35. The molecule has 1 aromatic carbocycles. The zero-order valence-electron chi connectivity index (χ0n) is 8.40. The smallest absolute Gasteiger partial charge is 0.272 e. The number of halogens is 1. The molecule has 0 radical (unpaired) electrons. The number of benzene rings is 1. The molecule has 78 valence electrons. The molecule has 3 nitrogen and oxygen atoms in total. The highest BCUT2D eigenvalue weighted by atomic mass is 79.9. The van der Waals surface area contributed by atoms with E-state index in [4.69, 9.17) is 0 Å². The van der Waals surface area contributed by atoms with Gasteiger partial charge in [-0.3, -0.25) is 4.79 Å². The summed E-state index contributed by atoms with van der Waals surface area (Å²) in [5, 5.41) is 0.764. The molecule has 0 atom stereocenters. The van der Waals surface area contributed by atoms with E-state index >= 15 is 0 Å². The molecule has 2 aromatic rings. The fourth-order valence-electron chi connectivity index (χ4n) is 1.63. The lowest BCUT2D eigenvalue weighted by molar-refractivity contribution is 0.756. The van der Waals surface area contributed by atoms with Gasteiger partial charge in [0.1, 0.15) is 5.69 Å². The summed E-state index contributed by atoms with van der Waals surface area (Å²) in [6, 6.07) is 7.69. The first-order valence-corrected chi connectivity index (χ1v) is 5.88. The van der Waals surface area contributed by atoms with Gasteiger partial charge in [0.05, 0.1) is 11.0 Å². The van der Waals surface area contributed by atoms with Gasteiger partial charge in [-0.05, 0) is 19.1 Å². The monoisotopic (exact) mass is 266 g/mol. The lowest BCUT2D eigenvalue weighted by Crippen LogP contribution is -2.24. The molecule has 0 aliphatic heterocycles. The molecule has 0 amide bonds. The van der Waals surface area contributed by atoms with Gasteiger partial charge in [-0.15, -0.1) is 0 Å². The van der Waals surface area contributed by atoms with Gasteiger partial charge in [0.15, 0.2) is 0 Å². The number of hydrogen-bond acceptors (Lipinski definition) is 2. The number of fused-ring (bicyclic) bond motifs is 1. The molecular weight excluding hydrogens is 256 g/mol. The van der Waals surface area contributed by atoms with Gasteiger partial charge in [-0.1, -0.05) is 28.1 Å². The zero-order valence-corrected chi connectivity index (χ0v) is 9.99. The van der Waals surface area contributed by atoms with Crippen LogP contribution in [0.5, 0.6) is 0 Å². The zero-order chi connectivity index (χ0) is 10.8. The average Bonchev–Trinajstić information content (AvgIpc) is 2.25. The minimum Gasteiger partial charge on any atom is -0.304 e. The highest BCUT2D eigenvalue weighted by molar-refractivity contribution is 9.09. The third-order valence-electron chi connectivity index (χ3n) is 2.32. The molecule has 0 aliphatic carbocycles. The van der Waals surface area contributed by atoms with Crippen LogP contribution in [0.4, 0.5) is 0 Å². The van der Waals surface area contributed by atoms with Gasteiger partial charge >= 0.3 is 0 Å². The summed E-state index contributed by atoms with van der Waals surface area (Å²) in [4.78, 5) is 16.1. The first kappa shape index (κ1) is 10.4. The van der Waals surface area contributed by atoms with Crippen LogP contribution in [-0.2, 0) is 6.54 Å². The van der Waals surface area contributed by atoms with Crippen LogP contribution in [-0.4, -0.2) is 14.9 Å². The van der Waals surface area contributed by atoms with Crippen molar-refractivity contribution < 1.29 is 0 Å². The summed E-state index contributed by atoms with van der Waals surface area (Å²) in [5.74, 6) is 0. The second-order valence-corrected chi connectivity index (χ2v) is 4.12. The Morgan fingerprint density at radius 1 is 1.40 bits per heavy atom. The number of aromatic nitrogens is 2. The molecule has 0 spiro atoms. The van der Waals surface area contributed by atoms with Gasteiger partial charge in [0, 0.05) is 11.9 Å². The average molecular weight is 267 g/mol. The van der Waals surface area contributed by atoms with Crippen molar-refractivity contribution in [2.45, 2.75) is 13.5 Å². The van der Waals surface area contributed by atoms with Gasteiger partial charge < -0.3 is 4.57 Å². The Morgan fingerprint density at radius 2 is 2.13 bits per heavy atom. The topological polar surface area (TPSA) is 34.9 Å². The van der Waals surface area contributed by atoms with E-state index in [0.717, 1.165) is 16.4 Å². The summed E-state index contributed by atoms with van der Waals surface area (Å²) < 4.78 is 1.76. The van der Waals surface area contributed by atoms with Gasteiger partial charge in [-0.25, -0.2) is 4.98 Å². The van der Waals surface area contributed by atoms with Crippen molar-refractivity contribution in [2.75, 3.05) is 5.33 Å². The summed E-state index contributed by atoms with van der Waals surface area (Å²) in [6.07, 6.45) is 0. The fourth-order valence-corrected chi connectivity index (χ4v) is 1.98. The molecule has 15 heavy (non-hydrogen) atoms.